The molecule has 0 bridgehead atoms. The highest BCUT2D eigenvalue weighted by molar-refractivity contribution is 5.95. The second-order valence-corrected chi connectivity index (χ2v) is 6.79. The number of ether oxygens (including phenoxy) is 1. The molecule has 1 atom stereocenters. The van der Waals surface area contributed by atoms with Crippen molar-refractivity contribution in [1.29, 1.82) is 0 Å². The van der Waals surface area contributed by atoms with Crippen LogP contribution in [0.5, 0.6) is 0 Å². The van der Waals surface area contributed by atoms with Crippen LogP contribution in [0.15, 0.2) is 35.5 Å². The summed E-state index contributed by atoms with van der Waals surface area (Å²) in [5, 5.41) is 13.9. The van der Waals surface area contributed by atoms with Gasteiger partial charge in [0.05, 0.1) is 23.1 Å². The second kappa shape index (κ2) is 8.66. The van der Waals surface area contributed by atoms with E-state index in [2.05, 4.69) is 19.2 Å². The molecule has 1 aliphatic heterocycles. The number of rotatable bonds is 7. The Labute approximate surface area is 158 Å². The van der Waals surface area contributed by atoms with E-state index in [0.717, 1.165) is 6.42 Å². The minimum atomic E-state index is -0.799. The lowest BCUT2D eigenvalue weighted by Crippen LogP contribution is -2.48. The fourth-order valence-electron chi connectivity index (χ4n) is 2.98. The number of hydrogen-bond donors (Lipinski definition) is 1. The molecule has 1 aromatic carbocycles. The lowest BCUT2D eigenvalue weighted by atomic mass is 9.94. The maximum Gasteiger partial charge on any atom is 0.338 e. The highest BCUT2D eigenvalue weighted by Crippen LogP contribution is 2.33. The standard InChI is InChI=1S/C19H25N3O5/c1-5-27-18(23)16-13(4)21(10-9-12(2)3)19(24)20-17(16)14-7-6-8-15(11-14)22(25)26/h6-8,11-12,17H,5,9-10H2,1-4H3,(H,20,24)/t17-/m1/s1. The Morgan fingerprint density at radius 3 is 2.70 bits per heavy atom. The number of nitro benzene ring substituents is 1. The van der Waals surface area contributed by atoms with E-state index in [1.807, 2.05) is 0 Å². The highest BCUT2D eigenvalue weighted by atomic mass is 16.6. The molecule has 1 aliphatic rings. The molecule has 2 rings (SSSR count). The van der Waals surface area contributed by atoms with E-state index in [1.54, 1.807) is 19.9 Å². The average Bonchev–Trinajstić information content (AvgIpc) is 2.61. The molecule has 0 radical (unpaired) electrons. The Hall–Kier alpha value is -2.90. The molecule has 27 heavy (non-hydrogen) atoms. The molecule has 0 saturated carbocycles. The van der Waals surface area contributed by atoms with Gasteiger partial charge in [0.15, 0.2) is 0 Å². The smallest absolute Gasteiger partial charge is 0.338 e. The van der Waals surface area contributed by atoms with Gasteiger partial charge in [-0.05, 0) is 31.7 Å². The summed E-state index contributed by atoms with van der Waals surface area (Å²) < 4.78 is 5.18. The third-order valence-corrected chi connectivity index (χ3v) is 4.44. The van der Waals surface area contributed by atoms with E-state index in [-0.39, 0.29) is 18.3 Å². The number of esters is 1. The van der Waals surface area contributed by atoms with E-state index < -0.39 is 16.9 Å². The predicted molar refractivity (Wildman–Crippen MR) is 99.9 cm³/mol. The summed E-state index contributed by atoms with van der Waals surface area (Å²) in [5.74, 6) is -0.146. The first kappa shape index (κ1) is 20.4. The van der Waals surface area contributed by atoms with Gasteiger partial charge < -0.3 is 10.1 Å². The Bertz CT molecular complexity index is 772. The quantitative estimate of drug-likeness (QED) is 0.446. The van der Waals surface area contributed by atoms with Gasteiger partial charge in [0.2, 0.25) is 0 Å². The molecule has 0 aliphatic carbocycles. The number of benzene rings is 1. The zero-order valence-electron chi connectivity index (χ0n) is 16.0. The molecule has 146 valence electrons. The predicted octanol–water partition coefficient (Wildman–Crippen LogP) is 3.54. The number of urea groups is 1. The van der Waals surface area contributed by atoms with Crippen LogP contribution in [-0.4, -0.2) is 35.0 Å². The van der Waals surface area contributed by atoms with Crippen molar-refractivity contribution in [2.24, 2.45) is 5.92 Å². The molecule has 1 heterocycles. The molecule has 0 saturated heterocycles. The van der Waals surface area contributed by atoms with Crippen LogP contribution in [0.25, 0.3) is 0 Å². The Morgan fingerprint density at radius 1 is 1.41 bits per heavy atom. The molecule has 1 aromatic rings. The first-order chi connectivity index (χ1) is 12.8. The highest BCUT2D eigenvalue weighted by Gasteiger charge is 2.36. The van der Waals surface area contributed by atoms with Crippen LogP contribution >= 0.6 is 0 Å². The lowest BCUT2D eigenvalue weighted by Gasteiger charge is -2.35. The molecular weight excluding hydrogens is 350 g/mol. The van der Waals surface area contributed by atoms with Crippen LogP contribution < -0.4 is 5.32 Å². The summed E-state index contributed by atoms with van der Waals surface area (Å²) in [6.07, 6.45) is 0.780. The van der Waals surface area contributed by atoms with Gasteiger partial charge in [0.1, 0.15) is 0 Å². The van der Waals surface area contributed by atoms with Gasteiger partial charge in [-0.1, -0.05) is 26.0 Å². The first-order valence-electron chi connectivity index (χ1n) is 8.96. The number of allylic oxidation sites excluding steroid dienone is 1. The van der Waals surface area contributed by atoms with Gasteiger partial charge in [0, 0.05) is 24.4 Å². The van der Waals surface area contributed by atoms with Crippen LogP contribution in [0.1, 0.15) is 45.7 Å². The summed E-state index contributed by atoms with van der Waals surface area (Å²) in [4.78, 5) is 37.4. The summed E-state index contributed by atoms with van der Waals surface area (Å²) >= 11 is 0. The minimum Gasteiger partial charge on any atom is -0.463 e. The number of nitrogens with one attached hydrogen (secondary N) is 1. The zero-order chi connectivity index (χ0) is 20.1. The normalized spacial score (nSPS) is 17.1. The van der Waals surface area contributed by atoms with Crippen molar-refractivity contribution in [3.8, 4) is 0 Å². The SMILES string of the molecule is CCOC(=O)C1=C(C)N(CCC(C)C)C(=O)N[C@@H]1c1cccc([N+](=O)[O-])c1. The summed E-state index contributed by atoms with van der Waals surface area (Å²) in [7, 11) is 0. The second-order valence-electron chi connectivity index (χ2n) is 6.79. The van der Waals surface area contributed by atoms with Crippen LogP contribution in [0, 0.1) is 16.0 Å². The first-order valence-corrected chi connectivity index (χ1v) is 8.96. The van der Waals surface area contributed by atoms with Crippen LogP contribution in [0.3, 0.4) is 0 Å². The van der Waals surface area contributed by atoms with Crippen LogP contribution in [0.4, 0.5) is 10.5 Å². The van der Waals surface area contributed by atoms with Crippen LogP contribution in [0.2, 0.25) is 0 Å². The molecular formula is C19H25N3O5. The number of amides is 2. The van der Waals surface area contributed by atoms with Gasteiger partial charge in [-0.2, -0.15) is 0 Å². The van der Waals surface area contributed by atoms with Gasteiger partial charge in [-0.3, -0.25) is 15.0 Å². The Balaban J connectivity index is 2.49. The van der Waals surface area contributed by atoms with Crippen molar-refractivity contribution in [2.45, 2.75) is 40.2 Å². The van der Waals surface area contributed by atoms with Crippen molar-refractivity contribution >= 4 is 17.7 Å². The minimum absolute atomic E-state index is 0.107. The Morgan fingerprint density at radius 2 is 2.11 bits per heavy atom. The van der Waals surface area contributed by atoms with Gasteiger partial charge >= 0.3 is 12.0 Å². The molecule has 0 unspecified atom stereocenters. The molecule has 8 heteroatoms. The fourth-order valence-corrected chi connectivity index (χ4v) is 2.98. The monoisotopic (exact) mass is 375 g/mol. The molecule has 2 amide bonds. The van der Waals surface area contributed by atoms with E-state index in [9.17, 15) is 19.7 Å². The lowest BCUT2D eigenvalue weighted by molar-refractivity contribution is -0.384. The third kappa shape index (κ3) is 4.64. The summed E-state index contributed by atoms with van der Waals surface area (Å²) in [5.41, 5.74) is 1.16. The molecule has 0 aromatic heterocycles. The van der Waals surface area contributed by atoms with E-state index in [0.29, 0.717) is 29.3 Å². The van der Waals surface area contributed by atoms with E-state index in [4.69, 9.17) is 4.74 Å². The van der Waals surface area contributed by atoms with E-state index in [1.165, 1.54) is 23.1 Å². The summed E-state index contributed by atoms with van der Waals surface area (Å²) in [6.45, 7) is 8.18. The third-order valence-electron chi connectivity index (χ3n) is 4.44. The number of carbonyl (C=O) groups excluding carboxylic acids is 2. The zero-order valence-corrected chi connectivity index (χ0v) is 16.0. The number of nitrogens with zero attached hydrogens (tertiary/aromatic N) is 2. The molecule has 8 nitrogen and oxygen atoms in total. The fraction of sp³-hybridized carbons (Fsp3) is 0.474. The van der Waals surface area contributed by atoms with Crippen molar-refractivity contribution in [3.63, 3.8) is 0 Å². The largest absolute Gasteiger partial charge is 0.463 e. The van der Waals surface area contributed by atoms with Gasteiger partial charge in [-0.15, -0.1) is 0 Å². The molecule has 0 spiro atoms. The Kier molecular flexibility index (Phi) is 6.55. The van der Waals surface area contributed by atoms with Gasteiger partial charge in [0.25, 0.3) is 5.69 Å². The van der Waals surface area contributed by atoms with E-state index >= 15 is 0 Å². The maximum absolute atomic E-state index is 12.6. The molecule has 0 fully saturated rings. The van der Waals surface area contributed by atoms with Crippen molar-refractivity contribution in [3.05, 3.63) is 51.2 Å². The number of hydrogen-bond acceptors (Lipinski definition) is 5. The number of non-ortho nitro benzene ring substituents is 1. The van der Waals surface area contributed by atoms with Gasteiger partial charge in [-0.25, -0.2) is 9.59 Å². The van der Waals surface area contributed by atoms with Crippen molar-refractivity contribution < 1.29 is 19.2 Å². The number of carbonyl (C=O) groups is 2. The molecule has 1 N–H and O–H groups in total. The van der Waals surface area contributed by atoms with Crippen molar-refractivity contribution in [1.82, 2.24) is 10.2 Å². The topological polar surface area (TPSA) is 102 Å². The maximum atomic E-state index is 12.6. The van der Waals surface area contributed by atoms with Crippen molar-refractivity contribution in [2.75, 3.05) is 13.2 Å². The summed E-state index contributed by atoms with van der Waals surface area (Å²) in [6, 6.07) is 4.77. The number of nitro groups is 1. The van der Waals surface area contributed by atoms with Crippen LogP contribution in [-0.2, 0) is 9.53 Å². The average molecular weight is 375 g/mol.